The Kier molecular flexibility index (Phi) is 2.79. The minimum atomic E-state index is -1.52. The zero-order valence-electron chi connectivity index (χ0n) is 10.4. The first kappa shape index (κ1) is 12.8. The molecule has 5 atom stereocenters. The van der Waals surface area contributed by atoms with Crippen LogP contribution >= 0.6 is 11.8 Å². The van der Waals surface area contributed by atoms with Crippen LogP contribution < -0.4 is 0 Å². The van der Waals surface area contributed by atoms with Crippen LogP contribution in [0.3, 0.4) is 0 Å². The summed E-state index contributed by atoms with van der Waals surface area (Å²) in [5.74, 6) is -2.32. The number of hydrogen-bond donors (Lipinski definition) is 1. The van der Waals surface area contributed by atoms with Crippen LogP contribution in [0.15, 0.2) is 0 Å². The van der Waals surface area contributed by atoms with Gasteiger partial charge in [-0.3, -0.25) is 4.79 Å². The Morgan fingerprint density at radius 2 is 2.06 bits per heavy atom. The van der Waals surface area contributed by atoms with Crippen molar-refractivity contribution in [3.8, 4) is 0 Å². The van der Waals surface area contributed by atoms with E-state index in [0.29, 0.717) is 0 Å². The molecule has 7 heteroatoms. The highest BCUT2D eigenvalue weighted by Crippen LogP contribution is 2.49. The SMILES string of the molecule is CC(=O)S[C@H]1CO[C@@]2(O)[C@@H]1O[C@@H]1OC(C)(C)O[C@@H]12. The Morgan fingerprint density at radius 3 is 2.72 bits per heavy atom. The Bertz CT molecular complexity index is 386. The smallest absolute Gasteiger partial charge is 0.226 e. The summed E-state index contributed by atoms with van der Waals surface area (Å²) in [7, 11) is 0. The Hall–Kier alpha value is -0.180. The summed E-state index contributed by atoms with van der Waals surface area (Å²) in [6, 6.07) is 0. The quantitative estimate of drug-likeness (QED) is 0.734. The topological polar surface area (TPSA) is 74.2 Å². The standard InChI is InChI=1S/C11H16O6S/c1-5(12)18-6-4-14-11(13)7(6)15-9-8(11)16-10(2,3)17-9/h6-9,13H,4H2,1-3H3/t6-,7+,8-,9+,11-/m0/s1. The Labute approximate surface area is 109 Å². The lowest BCUT2D eigenvalue weighted by Gasteiger charge is -2.28. The van der Waals surface area contributed by atoms with Crippen LogP contribution in [0.25, 0.3) is 0 Å². The molecule has 3 aliphatic rings. The zero-order chi connectivity index (χ0) is 13.1. The lowest BCUT2D eigenvalue weighted by Crippen LogP contribution is -2.48. The molecule has 3 fully saturated rings. The highest BCUT2D eigenvalue weighted by atomic mass is 32.2. The predicted molar refractivity (Wildman–Crippen MR) is 61.7 cm³/mol. The summed E-state index contributed by atoms with van der Waals surface area (Å²) >= 11 is 1.12. The third kappa shape index (κ3) is 1.81. The maximum absolute atomic E-state index is 11.2. The molecule has 0 aromatic heterocycles. The number of carbonyl (C=O) groups is 1. The van der Waals surface area contributed by atoms with Crippen molar-refractivity contribution in [3.05, 3.63) is 0 Å². The van der Waals surface area contributed by atoms with Crippen LogP contribution in [0, 0.1) is 0 Å². The fourth-order valence-electron chi connectivity index (χ4n) is 2.64. The third-order valence-corrected chi connectivity index (χ3v) is 4.31. The number of rotatable bonds is 1. The van der Waals surface area contributed by atoms with Gasteiger partial charge in [-0.25, -0.2) is 0 Å². The molecule has 0 radical (unpaired) electrons. The van der Waals surface area contributed by atoms with E-state index in [-0.39, 0.29) is 17.0 Å². The average molecular weight is 276 g/mol. The Morgan fingerprint density at radius 1 is 1.33 bits per heavy atom. The summed E-state index contributed by atoms with van der Waals surface area (Å²) in [6.45, 7) is 5.25. The fourth-order valence-corrected chi connectivity index (χ4v) is 3.59. The highest BCUT2D eigenvalue weighted by molar-refractivity contribution is 8.14. The lowest BCUT2D eigenvalue weighted by atomic mass is 10.1. The summed E-state index contributed by atoms with van der Waals surface area (Å²) < 4.78 is 22.3. The van der Waals surface area contributed by atoms with E-state index in [2.05, 4.69) is 0 Å². The van der Waals surface area contributed by atoms with Crippen molar-refractivity contribution in [1.29, 1.82) is 0 Å². The van der Waals surface area contributed by atoms with E-state index < -0.39 is 30.1 Å². The van der Waals surface area contributed by atoms with Crippen molar-refractivity contribution in [2.24, 2.45) is 0 Å². The van der Waals surface area contributed by atoms with Crippen molar-refractivity contribution < 1.29 is 28.8 Å². The number of aliphatic hydroxyl groups is 1. The molecule has 0 bridgehead atoms. The lowest BCUT2D eigenvalue weighted by molar-refractivity contribution is -0.271. The monoisotopic (exact) mass is 276 g/mol. The summed E-state index contributed by atoms with van der Waals surface area (Å²) in [5.41, 5.74) is 0. The van der Waals surface area contributed by atoms with Crippen molar-refractivity contribution in [3.63, 3.8) is 0 Å². The number of thioether (sulfide) groups is 1. The molecule has 0 unspecified atom stereocenters. The molecule has 0 aromatic carbocycles. The van der Waals surface area contributed by atoms with E-state index in [9.17, 15) is 9.90 Å². The van der Waals surface area contributed by atoms with Gasteiger partial charge in [-0.1, -0.05) is 11.8 Å². The molecule has 102 valence electrons. The van der Waals surface area contributed by atoms with E-state index in [1.807, 2.05) is 0 Å². The van der Waals surface area contributed by atoms with E-state index in [0.717, 1.165) is 11.8 Å². The first-order chi connectivity index (χ1) is 8.32. The molecule has 1 N–H and O–H groups in total. The summed E-state index contributed by atoms with van der Waals surface area (Å²) in [5, 5.41) is 10.3. The average Bonchev–Trinajstić information content (AvgIpc) is 2.77. The zero-order valence-corrected chi connectivity index (χ0v) is 11.2. The molecule has 0 amide bonds. The number of fused-ring (bicyclic) bond motifs is 3. The van der Waals surface area contributed by atoms with Crippen LogP contribution in [-0.2, 0) is 23.7 Å². The summed E-state index contributed by atoms with van der Waals surface area (Å²) in [6.07, 6.45) is -1.92. The van der Waals surface area contributed by atoms with Gasteiger partial charge in [0.15, 0.2) is 23.3 Å². The molecule has 0 aromatic rings. The van der Waals surface area contributed by atoms with E-state index in [1.54, 1.807) is 13.8 Å². The molecule has 3 heterocycles. The number of carbonyl (C=O) groups excluding carboxylic acids is 1. The van der Waals surface area contributed by atoms with Crippen LogP contribution in [0.5, 0.6) is 0 Å². The summed E-state index contributed by atoms with van der Waals surface area (Å²) in [4.78, 5) is 11.2. The van der Waals surface area contributed by atoms with Gasteiger partial charge in [-0.2, -0.15) is 0 Å². The second-order valence-corrected chi connectivity index (χ2v) is 6.61. The third-order valence-electron chi connectivity index (χ3n) is 3.29. The van der Waals surface area contributed by atoms with Gasteiger partial charge in [-0.05, 0) is 13.8 Å². The molecule has 0 saturated carbocycles. The maximum Gasteiger partial charge on any atom is 0.226 e. The predicted octanol–water partition coefficient (Wildman–Crippen LogP) is 0.230. The van der Waals surface area contributed by atoms with E-state index in [4.69, 9.17) is 18.9 Å². The minimum absolute atomic E-state index is 0.0318. The fraction of sp³-hybridized carbons (Fsp3) is 0.909. The van der Waals surface area contributed by atoms with Crippen LogP contribution in [0.1, 0.15) is 20.8 Å². The van der Waals surface area contributed by atoms with Gasteiger partial charge in [0.05, 0.1) is 11.9 Å². The van der Waals surface area contributed by atoms with Crippen LogP contribution in [0.4, 0.5) is 0 Å². The number of ether oxygens (including phenoxy) is 4. The molecule has 3 rings (SSSR count). The van der Waals surface area contributed by atoms with Gasteiger partial charge >= 0.3 is 0 Å². The highest BCUT2D eigenvalue weighted by Gasteiger charge is 2.69. The molecule has 18 heavy (non-hydrogen) atoms. The van der Waals surface area contributed by atoms with Crippen molar-refractivity contribution in [1.82, 2.24) is 0 Å². The molecule has 0 aliphatic carbocycles. The molecular formula is C11H16O6S. The molecular weight excluding hydrogens is 260 g/mol. The number of hydrogen-bond acceptors (Lipinski definition) is 7. The normalized spacial score (nSPS) is 49.1. The van der Waals surface area contributed by atoms with Crippen molar-refractivity contribution >= 4 is 16.9 Å². The van der Waals surface area contributed by atoms with Gasteiger partial charge in [0.25, 0.3) is 0 Å². The van der Waals surface area contributed by atoms with Gasteiger partial charge in [0.1, 0.15) is 6.10 Å². The van der Waals surface area contributed by atoms with Gasteiger partial charge in [0.2, 0.25) is 5.79 Å². The molecule has 6 nitrogen and oxygen atoms in total. The van der Waals surface area contributed by atoms with Gasteiger partial charge in [-0.15, -0.1) is 0 Å². The van der Waals surface area contributed by atoms with E-state index in [1.165, 1.54) is 6.92 Å². The first-order valence-electron chi connectivity index (χ1n) is 5.86. The van der Waals surface area contributed by atoms with Crippen LogP contribution in [-0.4, -0.2) is 52.2 Å². The molecule has 3 saturated heterocycles. The minimum Gasteiger partial charge on any atom is -0.361 e. The molecule has 0 spiro atoms. The first-order valence-corrected chi connectivity index (χ1v) is 6.74. The van der Waals surface area contributed by atoms with Crippen LogP contribution in [0.2, 0.25) is 0 Å². The Balaban J connectivity index is 1.80. The second kappa shape index (κ2) is 3.91. The van der Waals surface area contributed by atoms with Crippen molar-refractivity contribution in [2.45, 2.75) is 56.1 Å². The second-order valence-electron chi connectivity index (χ2n) is 5.19. The largest absolute Gasteiger partial charge is 0.361 e. The maximum atomic E-state index is 11.2. The van der Waals surface area contributed by atoms with Gasteiger partial charge < -0.3 is 24.1 Å². The molecule has 3 aliphatic heterocycles. The van der Waals surface area contributed by atoms with Gasteiger partial charge in [0, 0.05) is 6.92 Å². The van der Waals surface area contributed by atoms with Crippen molar-refractivity contribution in [2.75, 3.05) is 6.61 Å². The van der Waals surface area contributed by atoms with E-state index >= 15 is 0 Å².